The zero-order chi connectivity index (χ0) is 6.97. The van der Waals surface area contributed by atoms with Crippen LogP contribution in [0.5, 0.6) is 0 Å². The second-order valence-corrected chi connectivity index (χ2v) is 2.07. The van der Waals surface area contributed by atoms with Gasteiger partial charge in [0, 0.05) is 5.10 Å². The molecular weight excluding hydrogens is 128 g/mol. The minimum Gasteiger partial charge on any atom is -0.250 e. The third kappa shape index (κ3) is 0.556. The van der Waals surface area contributed by atoms with Gasteiger partial charge >= 0.3 is 0 Å². The molecule has 0 saturated carbocycles. The highest BCUT2D eigenvalue weighted by molar-refractivity contribution is 5.69. The van der Waals surface area contributed by atoms with Crippen molar-refractivity contribution >= 4 is 11.0 Å². The van der Waals surface area contributed by atoms with Gasteiger partial charge in [0.2, 0.25) is 5.52 Å². The Hall–Kier alpha value is -1.58. The molecule has 10 heavy (non-hydrogen) atoms. The Labute approximate surface area is 57.2 Å². The number of fused-ring (bicyclic) bond motifs is 1. The number of nitrogens with one attached hydrogen (secondary N) is 1. The summed E-state index contributed by atoms with van der Waals surface area (Å²) in [7, 11) is 0. The summed E-state index contributed by atoms with van der Waals surface area (Å²) in [5, 5.41) is 6.55. The second-order valence-electron chi connectivity index (χ2n) is 2.07. The minimum atomic E-state index is 0.880. The molecule has 4 heteroatoms. The Morgan fingerprint density at radius 2 is 2.20 bits per heavy atom. The summed E-state index contributed by atoms with van der Waals surface area (Å²) in [6.45, 7) is 0. The molecule has 0 aliphatic heterocycles. The third-order valence-corrected chi connectivity index (χ3v) is 1.42. The van der Waals surface area contributed by atoms with Crippen LogP contribution in [0.1, 0.15) is 0 Å². The average Bonchev–Trinajstić information content (AvgIpc) is 2.34. The van der Waals surface area contributed by atoms with Gasteiger partial charge in [0.05, 0.1) is 0 Å². The van der Waals surface area contributed by atoms with Crippen LogP contribution < -0.4 is 10.6 Å². The fraction of sp³-hybridized carbons (Fsp3) is 0. The Balaban J connectivity index is 2.93. The van der Waals surface area contributed by atoms with Gasteiger partial charge in [-0.1, -0.05) is 16.9 Å². The molecule has 0 atom stereocenters. The van der Waals surface area contributed by atoms with Gasteiger partial charge in [-0.25, -0.2) is 0 Å². The van der Waals surface area contributed by atoms with Crippen LogP contribution in [-0.2, 0) is 0 Å². The molecule has 0 radical (unpaired) electrons. The number of para-hydroxylation sites is 2. The van der Waals surface area contributed by atoms with E-state index in [0.717, 1.165) is 11.0 Å². The zero-order valence-corrected chi connectivity index (χ0v) is 5.28. The molecule has 0 unspecified atom stereocenters. The summed E-state index contributed by atoms with van der Waals surface area (Å²) in [6.07, 6.45) is 0. The summed E-state index contributed by atoms with van der Waals surface area (Å²) in [5.74, 6) is 5.47. The number of hydrogen-bond acceptors (Lipinski definition) is 2. The number of aromatic amines is 1. The zero-order valence-electron chi connectivity index (χ0n) is 5.28. The molecule has 1 heterocycles. The van der Waals surface area contributed by atoms with Gasteiger partial charge < -0.3 is 0 Å². The molecule has 1 aromatic carbocycles. The summed E-state index contributed by atoms with van der Waals surface area (Å²) in [4.78, 5) is 1.38. The number of nitrogens with two attached hydrogens (primary N) is 1. The van der Waals surface area contributed by atoms with E-state index in [-0.39, 0.29) is 0 Å². The predicted molar refractivity (Wildman–Crippen MR) is 36.4 cm³/mol. The van der Waals surface area contributed by atoms with Crippen molar-refractivity contribution in [1.82, 2.24) is 10.3 Å². The van der Waals surface area contributed by atoms with Crippen LogP contribution in [0.3, 0.4) is 0 Å². The highest BCUT2D eigenvalue weighted by Gasteiger charge is 2.06. The first-order valence-electron chi connectivity index (χ1n) is 2.98. The normalized spacial score (nSPS) is 10.4. The summed E-state index contributed by atoms with van der Waals surface area (Å²) in [6, 6.07) is 7.64. The Bertz CT molecular complexity index is 351. The van der Waals surface area contributed by atoms with E-state index in [2.05, 4.69) is 10.3 Å². The van der Waals surface area contributed by atoms with Crippen molar-refractivity contribution in [2.24, 2.45) is 0 Å². The summed E-state index contributed by atoms with van der Waals surface area (Å²) < 4.78 is 0. The molecular formula is C6H7N4+. The van der Waals surface area contributed by atoms with Crippen molar-refractivity contribution in [3.8, 4) is 0 Å². The van der Waals surface area contributed by atoms with Crippen molar-refractivity contribution in [2.75, 3.05) is 5.84 Å². The number of aromatic nitrogens is 3. The molecule has 4 nitrogen and oxygen atoms in total. The van der Waals surface area contributed by atoms with Gasteiger partial charge in [-0.05, 0) is 17.3 Å². The van der Waals surface area contributed by atoms with Crippen LogP contribution in [0.4, 0.5) is 0 Å². The van der Waals surface area contributed by atoms with Crippen molar-refractivity contribution < 1.29 is 4.79 Å². The topological polar surface area (TPSA) is 58.6 Å². The summed E-state index contributed by atoms with van der Waals surface area (Å²) >= 11 is 0. The lowest BCUT2D eigenvalue weighted by atomic mass is 10.3. The van der Waals surface area contributed by atoms with E-state index in [1.807, 2.05) is 24.3 Å². The minimum absolute atomic E-state index is 0.880. The SMILES string of the molecule is N[n+]1[nH]nc2ccccc21. The first-order chi connectivity index (χ1) is 4.88. The van der Waals surface area contributed by atoms with Gasteiger partial charge in [0.1, 0.15) is 0 Å². The quantitative estimate of drug-likeness (QED) is 0.380. The molecule has 0 bridgehead atoms. The molecule has 3 N–H and O–H groups in total. The number of rotatable bonds is 0. The predicted octanol–water partition coefficient (Wildman–Crippen LogP) is -0.436. The number of benzene rings is 1. The van der Waals surface area contributed by atoms with Gasteiger partial charge in [-0.15, -0.1) is 0 Å². The number of hydrogen-bond donors (Lipinski definition) is 2. The Morgan fingerprint density at radius 1 is 1.40 bits per heavy atom. The van der Waals surface area contributed by atoms with Gasteiger partial charge in [0.15, 0.2) is 0 Å². The molecule has 50 valence electrons. The molecule has 0 fully saturated rings. The first-order valence-corrected chi connectivity index (χ1v) is 2.98. The van der Waals surface area contributed by atoms with E-state index in [1.54, 1.807) is 0 Å². The number of H-pyrrole nitrogens is 1. The van der Waals surface area contributed by atoms with Crippen LogP contribution in [0.15, 0.2) is 24.3 Å². The van der Waals surface area contributed by atoms with Crippen LogP contribution in [0.25, 0.3) is 11.0 Å². The fourth-order valence-electron chi connectivity index (χ4n) is 0.924. The lowest BCUT2D eigenvalue weighted by Gasteiger charge is -1.79. The number of nitrogens with zero attached hydrogens (tertiary/aromatic N) is 2. The van der Waals surface area contributed by atoms with E-state index < -0.39 is 0 Å². The van der Waals surface area contributed by atoms with E-state index in [0.29, 0.717) is 0 Å². The molecule has 2 rings (SSSR count). The standard InChI is InChI=1S/C6H6N4/c7-10-6-4-2-1-3-5(6)8-9-10/h1-4H,7H2/p+1. The van der Waals surface area contributed by atoms with Crippen LogP contribution in [0, 0.1) is 0 Å². The maximum Gasteiger partial charge on any atom is 0.251 e. The lowest BCUT2D eigenvalue weighted by Crippen LogP contribution is -2.46. The maximum atomic E-state index is 5.47. The van der Waals surface area contributed by atoms with Crippen LogP contribution in [0.2, 0.25) is 0 Å². The monoisotopic (exact) mass is 135 g/mol. The molecule has 0 saturated heterocycles. The molecule has 0 amide bonds. The van der Waals surface area contributed by atoms with E-state index in [4.69, 9.17) is 5.84 Å². The van der Waals surface area contributed by atoms with Crippen molar-refractivity contribution in [3.63, 3.8) is 0 Å². The first kappa shape index (κ1) is 5.22. The Kier molecular flexibility index (Phi) is 0.887. The fourth-order valence-corrected chi connectivity index (χ4v) is 0.924. The maximum absolute atomic E-state index is 5.47. The third-order valence-electron chi connectivity index (χ3n) is 1.42. The largest absolute Gasteiger partial charge is 0.251 e. The Morgan fingerprint density at radius 3 is 3.00 bits per heavy atom. The molecule has 2 aromatic rings. The number of nitrogen functional groups attached to an aromatic ring is 1. The summed E-state index contributed by atoms with van der Waals surface area (Å²) in [5.41, 5.74) is 1.78. The van der Waals surface area contributed by atoms with Crippen molar-refractivity contribution in [3.05, 3.63) is 24.3 Å². The van der Waals surface area contributed by atoms with Crippen LogP contribution >= 0.6 is 0 Å². The lowest BCUT2D eigenvalue weighted by molar-refractivity contribution is -0.675. The molecule has 0 aliphatic carbocycles. The van der Waals surface area contributed by atoms with E-state index >= 15 is 0 Å². The van der Waals surface area contributed by atoms with Crippen LogP contribution in [-0.4, -0.2) is 10.3 Å². The highest BCUT2D eigenvalue weighted by Crippen LogP contribution is 2.01. The van der Waals surface area contributed by atoms with Gasteiger partial charge in [0.25, 0.3) is 5.52 Å². The molecule has 1 aromatic heterocycles. The molecule has 0 spiro atoms. The van der Waals surface area contributed by atoms with Crippen molar-refractivity contribution in [2.45, 2.75) is 0 Å². The molecule has 0 aliphatic rings. The van der Waals surface area contributed by atoms with Gasteiger partial charge in [-0.3, -0.25) is 5.84 Å². The van der Waals surface area contributed by atoms with Crippen molar-refractivity contribution in [1.29, 1.82) is 0 Å². The smallest absolute Gasteiger partial charge is 0.250 e. The average molecular weight is 135 g/mol. The second kappa shape index (κ2) is 1.70. The van der Waals surface area contributed by atoms with E-state index in [1.165, 1.54) is 4.79 Å². The van der Waals surface area contributed by atoms with E-state index in [9.17, 15) is 0 Å². The highest BCUT2D eigenvalue weighted by atomic mass is 15.6. The van der Waals surface area contributed by atoms with Gasteiger partial charge in [-0.2, -0.15) is 0 Å².